The van der Waals surface area contributed by atoms with Gasteiger partial charge in [-0.15, -0.1) is 0 Å². The molecular weight excluding hydrogens is 354 g/mol. The smallest absolute Gasteiger partial charge is 0.127 e. The number of piperazine rings is 1. The van der Waals surface area contributed by atoms with Gasteiger partial charge in [-0.25, -0.2) is 0 Å². The molecule has 1 aromatic carbocycles. The van der Waals surface area contributed by atoms with Crippen molar-refractivity contribution in [2.75, 3.05) is 46.4 Å². The van der Waals surface area contributed by atoms with Gasteiger partial charge in [-0.05, 0) is 52.3 Å². The monoisotopic (exact) mass is 391 g/mol. The Morgan fingerprint density at radius 2 is 1.89 bits per heavy atom. The van der Waals surface area contributed by atoms with Gasteiger partial charge in [-0.1, -0.05) is 6.07 Å². The number of phenols is 1. The Morgan fingerprint density at radius 1 is 1.14 bits per heavy atom. The third-order valence-electron chi connectivity index (χ3n) is 6.44. The predicted molar refractivity (Wildman–Crippen MR) is 112 cm³/mol. The highest BCUT2D eigenvalue weighted by atomic mass is 16.5. The highest BCUT2D eigenvalue weighted by molar-refractivity contribution is 5.40. The van der Waals surface area contributed by atoms with Crippen LogP contribution in [0.4, 0.5) is 0 Å². The quantitative estimate of drug-likeness (QED) is 0.743. The van der Waals surface area contributed by atoms with E-state index in [1.807, 2.05) is 6.07 Å². The number of hydrogen-bond acceptors (Lipinski definition) is 6. The largest absolute Gasteiger partial charge is 0.508 e. The molecule has 0 amide bonds. The van der Waals surface area contributed by atoms with Gasteiger partial charge >= 0.3 is 0 Å². The van der Waals surface area contributed by atoms with Gasteiger partial charge in [0.25, 0.3) is 0 Å². The van der Waals surface area contributed by atoms with E-state index in [9.17, 15) is 10.2 Å². The summed E-state index contributed by atoms with van der Waals surface area (Å²) >= 11 is 0. The first-order chi connectivity index (χ1) is 13.5. The van der Waals surface area contributed by atoms with Crippen LogP contribution in [0.25, 0.3) is 0 Å². The summed E-state index contributed by atoms with van der Waals surface area (Å²) in [6.07, 6.45) is 3.28. The molecule has 1 atom stereocenters. The van der Waals surface area contributed by atoms with Crippen molar-refractivity contribution in [1.29, 1.82) is 0 Å². The van der Waals surface area contributed by atoms with Crippen molar-refractivity contribution in [3.63, 3.8) is 0 Å². The Labute approximate surface area is 169 Å². The summed E-state index contributed by atoms with van der Waals surface area (Å²) in [5.41, 5.74) is 1.10. The fourth-order valence-electron chi connectivity index (χ4n) is 4.80. The number of methoxy groups -OCH3 is 1. The Bertz CT molecular complexity index is 617. The molecule has 0 aliphatic carbocycles. The maximum atomic E-state index is 9.69. The molecule has 0 spiro atoms. The lowest BCUT2D eigenvalue weighted by molar-refractivity contribution is -0.000197. The molecule has 2 aliphatic heterocycles. The fraction of sp³-hybridized carbons (Fsp3) is 0.727. The molecule has 0 radical (unpaired) electrons. The lowest BCUT2D eigenvalue weighted by Crippen LogP contribution is -2.58. The van der Waals surface area contributed by atoms with Crippen LogP contribution in [0.15, 0.2) is 18.2 Å². The number of piperidine rings is 1. The highest BCUT2D eigenvalue weighted by Gasteiger charge is 2.34. The molecule has 1 aromatic rings. The van der Waals surface area contributed by atoms with Gasteiger partial charge in [0.05, 0.1) is 7.11 Å². The van der Waals surface area contributed by atoms with Crippen molar-refractivity contribution in [1.82, 2.24) is 14.7 Å². The molecule has 158 valence electrons. The highest BCUT2D eigenvalue weighted by Crippen LogP contribution is 2.28. The molecule has 0 aromatic heterocycles. The molecule has 0 unspecified atom stereocenters. The van der Waals surface area contributed by atoms with Gasteiger partial charge in [0.2, 0.25) is 0 Å². The van der Waals surface area contributed by atoms with E-state index in [4.69, 9.17) is 4.74 Å². The zero-order valence-electron chi connectivity index (χ0n) is 17.7. The van der Waals surface area contributed by atoms with Gasteiger partial charge in [0.1, 0.15) is 11.5 Å². The van der Waals surface area contributed by atoms with Crippen LogP contribution in [-0.4, -0.2) is 89.5 Å². The van der Waals surface area contributed by atoms with E-state index in [1.54, 1.807) is 19.2 Å². The number of likely N-dealkylation sites (tertiary alicyclic amines) is 1. The van der Waals surface area contributed by atoms with Crippen molar-refractivity contribution in [2.24, 2.45) is 0 Å². The molecule has 6 nitrogen and oxygen atoms in total. The minimum atomic E-state index is 0.233. The Hall–Kier alpha value is -1.34. The lowest BCUT2D eigenvalue weighted by atomic mass is 9.97. The van der Waals surface area contributed by atoms with Gasteiger partial charge in [0, 0.05) is 62.5 Å². The van der Waals surface area contributed by atoms with Crippen LogP contribution in [0.3, 0.4) is 0 Å². The average Bonchev–Trinajstić information content (AvgIpc) is 2.70. The zero-order chi connectivity index (χ0) is 20.1. The van der Waals surface area contributed by atoms with Crippen LogP contribution < -0.4 is 4.74 Å². The van der Waals surface area contributed by atoms with Crippen LogP contribution in [-0.2, 0) is 6.54 Å². The maximum absolute atomic E-state index is 9.69. The molecule has 3 rings (SSSR count). The Balaban J connectivity index is 1.61. The summed E-state index contributed by atoms with van der Waals surface area (Å²) in [5, 5.41) is 19.3. The second-order valence-corrected chi connectivity index (χ2v) is 8.50. The number of phenolic OH excluding ortho intramolecular Hbond substituents is 1. The number of aliphatic hydroxyl groups excluding tert-OH is 1. The second-order valence-electron chi connectivity index (χ2n) is 8.50. The van der Waals surface area contributed by atoms with Gasteiger partial charge < -0.3 is 19.8 Å². The molecule has 0 bridgehead atoms. The fourth-order valence-corrected chi connectivity index (χ4v) is 4.80. The van der Waals surface area contributed by atoms with E-state index in [0.717, 1.165) is 43.9 Å². The van der Waals surface area contributed by atoms with Crippen LogP contribution in [0.2, 0.25) is 0 Å². The molecule has 28 heavy (non-hydrogen) atoms. The average molecular weight is 392 g/mol. The summed E-state index contributed by atoms with van der Waals surface area (Å²) in [5.74, 6) is 0.971. The zero-order valence-corrected chi connectivity index (χ0v) is 17.7. The van der Waals surface area contributed by atoms with E-state index in [-0.39, 0.29) is 12.4 Å². The third kappa shape index (κ3) is 5.17. The van der Waals surface area contributed by atoms with Crippen molar-refractivity contribution in [3.05, 3.63) is 23.8 Å². The van der Waals surface area contributed by atoms with E-state index in [0.29, 0.717) is 18.1 Å². The first kappa shape index (κ1) is 21.4. The van der Waals surface area contributed by atoms with E-state index in [2.05, 4.69) is 28.5 Å². The Morgan fingerprint density at radius 3 is 2.54 bits per heavy atom. The molecule has 2 aliphatic rings. The first-order valence-corrected chi connectivity index (χ1v) is 10.7. The summed E-state index contributed by atoms with van der Waals surface area (Å²) in [4.78, 5) is 7.69. The van der Waals surface area contributed by atoms with Crippen LogP contribution in [0.1, 0.15) is 38.7 Å². The number of aromatic hydroxyl groups is 1. The van der Waals surface area contributed by atoms with Crippen molar-refractivity contribution >= 4 is 0 Å². The summed E-state index contributed by atoms with van der Waals surface area (Å²) in [6.45, 7) is 11.0. The van der Waals surface area contributed by atoms with Crippen LogP contribution in [0.5, 0.6) is 11.5 Å². The number of ether oxygens (including phenoxy) is 1. The van der Waals surface area contributed by atoms with Crippen molar-refractivity contribution in [2.45, 2.75) is 57.8 Å². The standard InChI is InChI=1S/C22H37N3O3/c1-17(2)24-9-6-19(7-10-24)25-12-11-23(16-20(25)8-13-26)15-18-4-5-21(27)14-22(18)28-3/h4-5,14,17,19-20,26-27H,6-13,15-16H2,1-3H3/t20-/m0/s1. The lowest BCUT2D eigenvalue weighted by Gasteiger charge is -2.48. The minimum absolute atomic E-state index is 0.233. The van der Waals surface area contributed by atoms with Crippen LogP contribution >= 0.6 is 0 Å². The summed E-state index contributed by atoms with van der Waals surface area (Å²) in [6, 6.07) is 7.02. The molecule has 6 heteroatoms. The predicted octanol–water partition coefficient (Wildman–Crippen LogP) is 2.14. The van der Waals surface area contributed by atoms with Crippen LogP contribution in [0, 0.1) is 0 Å². The molecule has 2 saturated heterocycles. The van der Waals surface area contributed by atoms with E-state index in [1.165, 1.54) is 25.9 Å². The topological polar surface area (TPSA) is 59.4 Å². The van der Waals surface area contributed by atoms with E-state index < -0.39 is 0 Å². The Kier molecular flexibility index (Phi) is 7.57. The number of rotatable bonds is 7. The maximum Gasteiger partial charge on any atom is 0.127 e. The minimum Gasteiger partial charge on any atom is -0.508 e. The van der Waals surface area contributed by atoms with Crippen molar-refractivity contribution in [3.8, 4) is 11.5 Å². The third-order valence-corrected chi connectivity index (χ3v) is 6.44. The van der Waals surface area contributed by atoms with Gasteiger partial charge in [0.15, 0.2) is 0 Å². The number of nitrogens with zero attached hydrogens (tertiary/aromatic N) is 3. The number of benzene rings is 1. The molecule has 0 saturated carbocycles. The van der Waals surface area contributed by atoms with Gasteiger partial charge in [-0.2, -0.15) is 0 Å². The van der Waals surface area contributed by atoms with Crippen molar-refractivity contribution < 1.29 is 14.9 Å². The normalized spacial score (nSPS) is 23.4. The second kappa shape index (κ2) is 9.92. The molecule has 2 N–H and O–H groups in total. The van der Waals surface area contributed by atoms with Gasteiger partial charge in [-0.3, -0.25) is 9.80 Å². The molecule has 2 heterocycles. The number of hydrogen-bond donors (Lipinski definition) is 2. The molecular formula is C22H37N3O3. The SMILES string of the molecule is COc1cc(O)ccc1CN1CCN(C2CCN(C(C)C)CC2)[C@@H](CCO)C1. The number of aliphatic hydroxyl groups is 1. The summed E-state index contributed by atoms with van der Waals surface area (Å²) in [7, 11) is 1.65. The summed E-state index contributed by atoms with van der Waals surface area (Å²) < 4.78 is 5.45. The molecule has 2 fully saturated rings. The first-order valence-electron chi connectivity index (χ1n) is 10.7. The van der Waals surface area contributed by atoms with E-state index >= 15 is 0 Å².